The Balaban J connectivity index is 0.00000242. The molecule has 0 aliphatic carbocycles. The molecule has 0 fully saturated rings. The minimum atomic E-state index is -0.0823. The number of carbonyl (C=O) groups excluding carboxylic acids is 1. The summed E-state index contributed by atoms with van der Waals surface area (Å²) in [4.78, 5) is 15.9. The van der Waals surface area contributed by atoms with Crippen molar-refractivity contribution in [1.82, 2.24) is 10.3 Å². The fraction of sp³-hybridized carbons (Fsp3) is 0.294. The van der Waals surface area contributed by atoms with Gasteiger partial charge in [0.05, 0.1) is 7.11 Å². The van der Waals surface area contributed by atoms with Crippen LogP contribution in [0.5, 0.6) is 5.75 Å². The van der Waals surface area contributed by atoms with Gasteiger partial charge in [0.1, 0.15) is 5.75 Å². The van der Waals surface area contributed by atoms with Gasteiger partial charge in [0.25, 0.3) is 5.91 Å². The first-order valence-electron chi connectivity index (χ1n) is 6.94. The average Bonchev–Trinajstić information content (AvgIpc) is 2.49. The van der Waals surface area contributed by atoms with Crippen molar-refractivity contribution in [2.24, 2.45) is 0 Å². The molecule has 0 aliphatic heterocycles. The molecule has 1 N–H and O–H groups in total. The molecule has 1 aromatic heterocycles. The van der Waals surface area contributed by atoms with Gasteiger partial charge < -0.3 is 10.1 Å². The SMILES string of the molecule is COc1cc(C)cc(C)c1CCNC(=O)c1ccncc1.Cl. The molecule has 0 bridgehead atoms. The Labute approximate surface area is 137 Å². The highest BCUT2D eigenvalue weighted by Gasteiger charge is 2.09. The molecule has 1 amide bonds. The minimum Gasteiger partial charge on any atom is -0.496 e. The number of hydrogen-bond acceptors (Lipinski definition) is 3. The van der Waals surface area contributed by atoms with Crippen molar-refractivity contribution in [1.29, 1.82) is 0 Å². The maximum Gasteiger partial charge on any atom is 0.251 e. The summed E-state index contributed by atoms with van der Waals surface area (Å²) >= 11 is 0. The van der Waals surface area contributed by atoms with E-state index in [4.69, 9.17) is 4.74 Å². The largest absolute Gasteiger partial charge is 0.496 e. The second-order valence-electron chi connectivity index (χ2n) is 5.00. The lowest BCUT2D eigenvalue weighted by atomic mass is 10.0. The van der Waals surface area contributed by atoms with Crippen LogP contribution in [0.4, 0.5) is 0 Å². The summed E-state index contributed by atoms with van der Waals surface area (Å²) in [6.07, 6.45) is 3.97. The first-order chi connectivity index (χ1) is 10.1. The third-order valence-corrected chi connectivity index (χ3v) is 3.40. The van der Waals surface area contributed by atoms with Gasteiger partial charge >= 0.3 is 0 Å². The van der Waals surface area contributed by atoms with Crippen LogP contribution in [0.25, 0.3) is 0 Å². The highest BCUT2D eigenvalue weighted by atomic mass is 35.5. The van der Waals surface area contributed by atoms with E-state index in [0.717, 1.165) is 17.7 Å². The third-order valence-electron chi connectivity index (χ3n) is 3.40. The van der Waals surface area contributed by atoms with Crippen molar-refractivity contribution in [2.45, 2.75) is 20.3 Å². The normalized spacial score (nSPS) is 9.77. The van der Waals surface area contributed by atoms with Crippen LogP contribution in [-0.2, 0) is 6.42 Å². The molecule has 1 aromatic carbocycles. The molecule has 4 nitrogen and oxygen atoms in total. The number of methoxy groups -OCH3 is 1. The zero-order chi connectivity index (χ0) is 15.2. The molecule has 0 atom stereocenters. The lowest BCUT2D eigenvalue weighted by Crippen LogP contribution is -2.26. The molecule has 2 rings (SSSR count). The van der Waals surface area contributed by atoms with E-state index in [1.165, 1.54) is 11.1 Å². The zero-order valence-corrected chi connectivity index (χ0v) is 13.9. The number of aromatic nitrogens is 1. The Morgan fingerprint density at radius 2 is 1.91 bits per heavy atom. The highest BCUT2D eigenvalue weighted by molar-refractivity contribution is 5.93. The standard InChI is InChI=1S/C17H20N2O2.ClH/c1-12-10-13(2)15(16(11-12)21-3)6-9-19-17(20)14-4-7-18-8-5-14;/h4-5,7-8,10-11H,6,9H2,1-3H3,(H,19,20);1H. The number of rotatable bonds is 5. The van der Waals surface area contributed by atoms with Gasteiger partial charge in [0, 0.05) is 24.5 Å². The van der Waals surface area contributed by atoms with Crippen LogP contribution in [0.15, 0.2) is 36.7 Å². The van der Waals surface area contributed by atoms with E-state index in [1.807, 2.05) is 13.0 Å². The Bertz CT molecular complexity index is 630. The van der Waals surface area contributed by atoms with Crippen LogP contribution in [0, 0.1) is 13.8 Å². The van der Waals surface area contributed by atoms with Crippen molar-refractivity contribution in [3.63, 3.8) is 0 Å². The molecule has 0 spiro atoms. The molecule has 0 saturated heterocycles. The Kier molecular flexibility index (Phi) is 6.86. The number of nitrogens with zero attached hydrogens (tertiary/aromatic N) is 1. The van der Waals surface area contributed by atoms with E-state index < -0.39 is 0 Å². The van der Waals surface area contributed by atoms with Crippen molar-refractivity contribution in [3.05, 3.63) is 58.9 Å². The summed E-state index contributed by atoms with van der Waals surface area (Å²) in [6, 6.07) is 7.55. The van der Waals surface area contributed by atoms with Gasteiger partial charge in [-0.15, -0.1) is 12.4 Å². The second kappa shape index (κ2) is 8.39. The lowest BCUT2D eigenvalue weighted by molar-refractivity contribution is 0.0954. The number of aryl methyl sites for hydroxylation is 2. The van der Waals surface area contributed by atoms with Crippen LogP contribution < -0.4 is 10.1 Å². The molecule has 0 unspecified atom stereocenters. The molecule has 0 radical (unpaired) electrons. The molecule has 0 aliphatic rings. The molecule has 1 heterocycles. The summed E-state index contributed by atoms with van der Waals surface area (Å²) in [5.41, 5.74) is 4.12. The van der Waals surface area contributed by atoms with Gasteiger partial charge in [-0.25, -0.2) is 0 Å². The minimum absolute atomic E-state index is 0. The van der Waals surface area contributed by atoms with Gasteiger partial charge in [0.2, 0.25) is 0 Å². The maximum atomic E-state index is 12.0. The van der Waals surface area contributed by atoms with E-state index in [9.17, 15) is 4.79 Å². The van der Waals surface area contributed by atoms with E-state index in [-0.39, 0.29) is 18.3 Å². The third kappa shape index (κ3) is 4.46. The molecule has 22 heavy (non-hydrogen) atoms. The smallest absolute Gasteiger partial charge is 0.251 e. The number of ether oxygens (including phenoxy) is 1. The van der Waals surface area contributed by atoms with Crippen molar-refractivity contribution in [2.75, 3.05) is 13.7 Å². The Morgan fingerprint density at radius 1 is 1.23 bits per heavy atom. The lowest BCUT2D eigenvalue weighted by Gasteiger charge is -2.13. The first-order valence-corrected chi connectivity index (χ1v) is 6.94. The van der Waals surface area contributed by atoms with E-state index >= 15 is 0 Å². The van der Waals surface area contributed by atoms with Crippen LogP contribution in [0.2, 0.25) is 0 Å². The van der Waals surface area contributed by atoms with E-state index in [2.05, 4.69) is 23.3 Å². The maximum absolute atomic E-state index is 12.0. The Morgan fingerprint density at radius 3 is 2.55 bits per heavy atom. The fourth-order valence-electron chi connectivity index (χ4n) is 2.37. The summed E-state index contributed by atoms with van der Waals surface area (Å²) in [6.45, 7) is 4.68. The van der Waals surface area contributed by atoms with Gasteiger partial charge in [-0.2, -0.15) is 0 Å². The second-order valence-corrected chi connectivity index (χ2v) is 5.00. The predicted octanol–water partition coefficient (Wildman–Crippen LogP) is 3.10. The summed E-state index contributed by atoms with van der Waals surface area (Å²) in [5.74, 6) is 0.798. The van der Waals surface area contributed by atoms with Crippen LogP contribution in [-0.4, -0.2) is 24.5 Å². The number of hydrogen-bond donors (Lipinski definition) is 1. The number of pyridine rings is 1. The summed E-state index contributed by atoms with van der Waals surface area (Å²) in [5, 5.41) is 2.92. The summed E-state index contributed by atoms with van der Waals surface area (Å²) in [7, 11) is 1.67. The average molecular weight is 321 g/mol. The predicted molar refractivity (Wildman–Crippen MR) is 90.0 cm³/mol. The number of benzene rings is 1. The van der Waals surface area contributed by atoms with E-state index in [0.29, 0.717) is 12.1 Å². The van der Waals surface area contributed by atoms with Crippen LogP contribution in [0.1, 0.15) is 27.0 Å². The number of halogens is 1. The number of carbonyl (C=O) groups is 1. The molecule has 0 saturated carbocycles. The van der Waals surface area contributed by atoms with Gasteiger partial charge in [-0.05, 0) is 55.2 Å². The molecule has 118 valence electrons. The molecule has 2 aromatic rings. The van der Waals surface area contributed by atoms with Gasteiger partial charge in [0.15, 0.2) is 0 Å². The molecule has 5 heteroatoms. The molecular formula is C17H21ClN2O2. The number of amides is 1. The number of nitrogens with one attached hydrogen (secondary N) is 1. The van der Waals surface area contributed by atoms with Crippen molar-refractivity contribution in [3.8, 4) is 5.75 Å². The van der Waals surface area contributed by atoms with Crippen LogP contribution >= 0.6 is 12.4 Å². The van der Waals surface area contributed by atoms with Crippen molar-refractivity contribution < 1.29 is 9.53 Å². The van der Waals surface area contributed by atoms with Crippen molar-refractivity contribution >= 4 is 18.3 Å². The topological polar surface area (TPSA) is 51.2 Å². The monoisotopic (exact) mass is 320 g/mol. The van der Waals surface area contributed by atoms with E-state index in [1.54, 1.807) is 31.6 Å². The fourth-order valence-corrected chi connectivity index (χ4v) is 2.37. The van der Waals surface area contributed by atoms with Crippen LogP contribution in [0.3, 0.4) is 0 Å². The zero-order valence-electron chi connectivity index (χ0n) is 13.1. The quantitative estimate of drug-likeness (QED) is 0.921. The Hall–Kier alpha value is -2.07. The van der Waals surface area contributed by atoms with Gasteiger partial charge in [-0.1, -0.05) is 6.07 Å². The highest BCUT2D eigenvalue weighted by Crippen LogP contribution is 2.24. The molecular weight excluding hydrogens is 300 g/mol. The first kappa shape index (κ1) is 18.0. The van der Waals surface area contributed by atoms with Gasteiger partial charge in [-0.3, -0.25) is 9.78 Å². The summed E-state index contributed by atoms with van der Waals surface area (Å²) < 4.78 is 5.43.